The summed E-state index contributed by atoms with van der Waals surface area (Å²) in [6.07, 6.45) is 0. The summed E-state index contributed by atoms with van der Waals surface area (Å²) in [6.45, 7) is 0. The average Bonchev–Trinajstić information content (AvgIpc) is 3.99. The fraction of sp³-hybridized carbons (Fsp3) is 0. The second kappa shape index (κ2) is 16.2. The second-order valence-corrected chi connectivity index (χ2v) is 18.2. The number of anilines is 3. The van der Waals surface area contributed by atoms with Gasteiger partial charge in [-0.25, -0.2) is 0 Å². The predicted octanol–water partition coefficient (Wildman–Crippen LogP) is 18.9. The summed E-state index contributed by atoms with van der Waals surface area (Å²) in [4.78, 5) is 2.44. The van der Waals surface area contributed by atoms with Crippen molar-refractivity contribution in [2.24, 2.45) is 0 Å². The molecule has 13 aromatic rings. The monoisotopic (exact) mass is 871 g/mol. The molecule has 0 radical (unpaired) electrons. The molecule has 0 aliphatic carbocycles. The highest BCUT2D eigenvalue weighted by Gasteiger charge is 2.22. The zero-order valence-electron chi connectivity index (χ0n) is 36.4. The summed E-state index contributed by atoms with van der Waals surface area (Å²) in [6, 6.07) is 90.1. The van der Waals surface area contributed by atoms with Gasteiger partial charge in [0, 0.05) is 42.3 Å². The summed E-state index contributed by atoms with van der Waals surface area (Å²) < 4.78 is 8.89. The predicted molar refractivity (Wildman–Crippen MR) is 286 cm³/mol. The van der Waals surface area contributed by atoms with E-state index in [1.54, 1.807) is 0 Å². The molecule has 0 bridgehead atoms. The fourth-order valence-electron chi connectivity index (χ4n) is 10.2. The third-order valence-electron chi connectivity index (χ3n) is 13.3. The topological polar surface area (TPSA) is 16.4 Å². The number of benzene rings is 11. The van der Waals surface area contributed by atoms with Crippen molar-refractivity contribution in [1.82, 2.24) is 0 Å². The molecule has 314 valence electrons. The van der Waals surface area contributed by atoms with Gasteiger partial charge in [-0.3, -0.25) is 0 Å². The zero-order valence-corrected chi connectivity index (χ0v) is 37.3. The number of fused-ring (bicyclic) bond motifs is 7. The standard InChI is InChI=1S/C64H41NOS/c1-2-14-45(15-3-1)53-40-41-58(63-57-22-9-11-27-61(57)67-64(53)63)65(48-36-32-43(33-37-48)42-28-30-46(31-29-42)51-23-12-17-44-16-4-5-18-50(44)51)49-38-34-47(35-39-49)52-19-6-7-20-54(52)55-24-13-26-60-62(55)56-21-8-10-25-59(56)66-60/h1-41H. The molecule has 0 saturated heterocycles. The zero-order chi connectivity index (χ0) is 44.3. The minimum absolute atomic E-state index is 0.897. The van der Waals surface area contributed by atoms with Crippen molar-refractivity contribution < 1.29 is 4.42 Å². The molecule has 2 nitrogen and oxygen atoms in total. The van der Waals surface area contributed by atoms with Crippen LogP contribution in [0.5, 0.6) is 0 Å². The first-order chi connectivity index (χ1) is 33.2. The summed E-state index contributed by atoms with van der Waals surface area (Å²) in [5, 5.41) is 7.30. The van der Waals surface area contributed by atoms with E-state index in [4.69, 9.17) is 4.42 Å². The summed E-state index contributed by atoms with van der Waals surface area (Å²) >= 11 is 1.87. The van der Waals surface area contributed by atoms with Crippen molar-refractivity contribution in [3.05, 3.63) is 249 Å². The van der Waals surface area contributed by atoms with Crippen molar-refractivity contribution in [3.63, 3.8) is 0 Å². The van der Waals surface area contributed by atoms with E-state index in [2.05, 4.69) is 248 Å². The Morgan fingerprint density at radius 1 is 0.299 bits per heavy atom. The quantitative estimate of drug-likeness (QED) is 0.151. The molecule has 0 spiro atoms. The van der Waals surface area contributed by atoms with E-state index in [0.29, 0.717) is 0 Å². The molecular weight excluding hydrogens is 831 g/mol. The first-order valence-electron chi connectivity index (χ1n) is 22.8. The third kappa shape index (κ3) is 6.71. The Labute approximate surface area is 392 Å². The van der Waals surface area contributed by atoms with Crippen LogP contribution in [0.1, 0.15) is 0 Å². The first-order valence-corrected chi connectivity index (χ1v) is 23.6. The van der Waals surface area contributed by atoms with Crippen LogP contribution >= 0.6 is 11.3 Å². The normalized spacial score (nSPS) is 11.6. The van der Waals surface area contributed by atoms with Crippen LogP contribution < -0.4 is 4.90 Å². The van der Waals surface area contributed by atoms with Gasteiger partial charge >= 0.3 is 0 Å². The molecule has 0 unspecified atom stereocenters. The van der Waals surface area contributed by atoms with Crippen LogP contribution in [0.3, 0.4) is 0 Å². The number of para-hydroxylation sites is 1. The Bertz CT molecular complexity index is 3950. The molecule has 0 aliphatic heterocycles. The third-order valence-corrected chi connectivity index (χ3v) is 14.5. The molecule has 0 atom stereocenters. The maximum atomic E-state index is 6.33. The van der Waals surface area contributed by atoms with E-state index in [9.17, 15) is 0 Å². The molecule has 3 heteroatoms. The molecule has 11 aromatic carbocycles. The molecule has 2 heterocycles. The first kappa shape index (κ1) is 38.9. The van der Waals surface area contributed by atoms with Crippen molar-refractivity contribution in [2.45, 2.75) is 0 Å². The number of hydrogen-bond acceptors (Lipinski definition) is 3. The maximum absolute atomic E-state index is 6.33. The lowest BCUT2D eigenvalue weighted by molar-refractivity contribution is 0.669. The van der Waals surface area contributed by atoms with Gasteiger partial charge in [-0.05, 0) is 115 Å². The summed E-state index contributed by atoms with van der Waals surface area (Å²) in [5.41, 5.74) is 17.1. The molecule has 0 saturated carbocycles. The van der Waals surface area contributed by atoms with Crippen molar-refractivity contribution >= 4 is 81.3 Å². The Morgan fingerprint density at radius 3 is 1.61 bits per heavy atom. The van der Waals surface area contributed by atoms with Crippen LogP contribution in [0.2, 0.25) is 0 Å². The van der Waals surface area contributed by atoms with Crippen LogP contribution in [0.25, 0.3) is 109 Å². The second-order valence-electron chi connectivity index (χ2n) is 17.2. The Morgan fingerprint density at radius 2 is 0.821 bits per heavy atom. The van der Waals surface area contributed by atoms with E-state index >= 15 is 0 Å². The lowest BCUT2D eigenvalue weighted by Gasteiger charge is -2.27. The van der Waals surface area contributed by atoms with Crippen LogP contribution in [-0.4, -0.2) is 0 Å². The average molecular weight is 872 g/mol. The molecule has 0 amide bonds. The highest BCUT2D eigenvalue weighted by molar-refractivity contribution is 7.26. The molecule has 13 rings (SSSR count). The van der Waals surface area contributed by atoms with E-state index < -0.39 is 0 Å². The van der Waals surface area contributed by atoms with Gasteiger partial charge < -0.3 is 9.32 Å². The van der Waals surface area contributed by atoms with Gasteiger partial charge in [0.1, 0.15) is 11.2 Å². The van der Waals surface area contributed by atoms with E-state index in [1.165, 1.54) is 75.5 Å². The molecule has 0 N–H and O–H groups in total. The Balaban J connectivity index is 0.936. The van der Waals surface area contributed by atoms with Gasteiger partial charge in [0.05, 0.1) is 5.69 Å². The van der Waals surface area contributed by atoms with Crippen molar-refractivity contribution in [3.8, 4) is 55.6 Å². The molecule has 0 fully saturated rings. The summed E-state index contributed by atoms with van der Waals surface area (Å²) in [5.74, 6) is 0. The van der Waals surface area contributed by atoms with E-state index in [1.807, 2.05) is 17.4 Å². The van der Waals surface area contributed by atoms with Crippen LogP contribution in [0.4, 0.5) is 17.1 Å². The van der Waals surface area contributed by atoms with E-state index in [-0.39, 0.29) is 0 Å². The highest BCUT2D eigenvalue weighted by Crippen LogP contribution is 2.49. The number of nitrogens with zero attached hydrogens (tertiary/aromatic N) is 1. The van der Waals surface area contributed by atoms with Gasteiger partial charge in [0.15, 0.2) is 0 Å². The van der Waals surface area contributed by atoms with Crippen LogP contribution in [0, 0.1) is 0 Å². The lowest BCUT2D eigenvalue weighted by atomic mass is 9.92. The SMILES string of the molecule is c1ccc(-c2ccc(N(c3ccc(-c4ccc(-c5cccc6ccccc56)cc4)cc3)c3ccc(-c4ccccc4-c4cccc5oc6ccccc6c45)cc3)c3c2sc2ccccc23)cc1. The fourth-order valence-corrected chi connectivity index (χ4v) is 11.4. The maximum Gasteiger partial charge on any atom is 0.136 e. The number of rotatable bonds is 8. The van der Waals surface area contributed by atoms with Crippen LogP contribution in [-0.2, 0) is 0 Å². The lowest BCUT2D eigenvalue weighted by Crippen LogP contribution is -2.10. The number of furan rings is 1. The van der Waals surface area contributed by atoms with E-state index in [0.717, 1.165) is 50.1 Å². The highest BCUT2D eigenvalue weighted by atomic mass is 32.1. The largest absolute Gasteiger partial charge is 0.456 e. The van der Waals surface area contributed by atoms with Crippen molar-refractivity contribution in [2.75, 3.05) is 4.90 Å². The minimum atomic E-state index is 0.897. The van der Waals surface area contributed by atoms with Crippen molar-refractivity contribution in [1.29, 1.82) is 0 Å². The van der Waals surface area contributed by atoms with Gasteiger partial charge in [-0.1, -0.05) is 200 Å². The number of hydrogen-bond donors (Lipinski definition) is 0. The summed E-state index contributed by atoms with van der Waals surface area (Å²) in [7, 11) is 0. The Hall–Kier alpha value is -8.50. The minimum Gasteiger partial charge on any atom is -0.456 e. The molecular formula is C64H41NOS. The number of thiophene rings is 1. The molecule has 2 aromatic heterocycles. The van der Waals surface area contributed by atoms with Gasteiger partial charge in [-0.2, -0.15) is 0 Å². The van der Waals surface area contributed by atoms with Crippen LogP contribution in [0.15, 0.2) is 253 Å². The Kier molecular flexibility index (Phi) is 9.40. The molecule has 67 heavy (non-hydrogen) atoms. The smallest absolute Gasteiger partial charge is 0.136 e. The van der Waals surface area contributed by atoms with Gasteiger partial charge in [-0.15, -0.1) is 11.3 Å². The molecule has 0 aliphatic rings. The van der Waals surface area contributed by atoms with Gasteiger partial charge in [0.2, 0.25) is 0 Å². The van der Waals surface area contributed by atoms with Gasteiger partial charge in [0.25, 0.3) is 0 Å².